The quantitative estimate of drug-likeness (QED) is 0.165. The van der Waals surface area contributed by atoms with Gasteiger partial charge >= 0.3 is 5.97 Å². The van der Waals surface area contributed by atoms with Gasteiger partial charge in [-0.3, -0.25) is 9.80 Å². The maximum Gasteiger partial charge on any atom is 0.331 e. The summed E-state index contributed by atoms with van der Waals surface area (Å²) in [6.07, 6.45) is 1.18. The second kappa shape index (κ2) is 14.7. The highest BCUT2D eigenvalue weighted by Crippen LogP contribution is 2.41. The molecule has 1 aliphatic heterocycles. The highest BCUT2D eigenvalue weighted by Gasteiger charge is 2.17. The second-order valence-corrected chi connectivity index (χ2v) is 12.9. The Bertz CT molecular complexity index is 1700. The van der Waals surface area contributed by atoms with Crippen LogP contribution in [0.2, 0.25) is 0 Å². The number of sulfone groups is 1. The molecule has 1 heterocycles. The van der Waals surface area contributed by atoms with E-state index in [1.54, 1.807) is 36.4 Å². The van der Waals surface area contributed by atoms with Crippen LogP contribution >= 0.6 is 0 Å². The zero-order valence-electron chi connectivity index (χ0n) is 25.5. The number of esters is 1. The van der Waals surface area contributed by atoms with Crippen molar-refractivity contribution in [3.8, 4) is 34.1 Å². The van der Waals surface area contributed by atoms with Gasteiger partial charge in [-0.15, -0.1) is 0 Å². The molecule has 0 unspecified atom stereocenters. The van der Waals surface area contributed by atoms with E-state index >= 15 is 0 Å². The van der Waals surface area contributed by atoms with Crippen LogP contribution < -0.4 is 9.47 Å². The molecule has 0 bridgehead atoms. The molecule has 0 radical (unpaired) electrons. The van der Waals surface area contributed by atoms with Crippen LogP contribution in [0.15, 0.2) is 83.8 Å². The van der Waals surface area contributed by atoms with Crippen molar-refractivity contribution in [2.24, 2.45) is 0 Å². The largest absolute Gasteiger partial charge is 0.508 e. The molecule has 4 aromatic rings. The number of ether oxygens (including phenoxy) is 4. The Kier molecular flexibility index (Phi) is 10.6. The van der Waals surface area contributed by atoms with Gasteiger partial charge in [0.05, 0.1) is 18.6 Å². The van der Waals surface area contributed by atoms with Crippen LogP contribution in [0, 0.1) is 0 Å². The number of phenolic OH excluding ortho intramolecular Hbond substituents is 1. The lowest BCUT2D eigenvalue weighted by Gasteiger charge is -2.34. The van der Waals surface area contributed by atoms with E-state index in [0.717, 1.165) is 66.9 Å². The summed E-state index contributed by atoms with van der Waals surface area (Å²) in [4.78, 5) is 16.1. The number of piperazine rings is 1. The van der Waals surface area contributed by atoms with Crippen molar-refractivity contribution in [3.63, 3.8) is 0 Å². The molecule has 1 fully saturated rings. The Morgan fingerprint density at radius 1 is 0.822 bits per heavy atom. The van der Waals surface area contributed by atoms with Crippen LogP contribution in [0.5, 0.6) is 23.0 Å². The number of nitrogens with zero attached hydrogens (tertiary/aromatic N) is 2. The number of rotatable bonds is 13. The van der Waals surface area contributed by atoms with Crippen LogP contribution in [0.3, 0.4) is 0 Å². The molecule has 10 nitrogen and oxygen atoms in total. The minimum atomic E-state index is -3.32. The summed E-state index contributed by atoms with van der Waals surface area (Å²) >= 11 is 0. The summed E-state index contributed by atoms with van der Waals surface area (Å²) < 4.78 is 46.3. The van der Waals surface area contributed by atoms with Gasteiger partial charge in [-0.1, -0.05) is 18.2 Å². The van der Waals surface area contributed by atoms with E-state index in [1.807, 2.05) is 42.5 Å². The minimum absolute atomic E-state index is 0.0140. The fraction of sp³-hybridized carbons (Fsp3) is 0.324. The number of aromatic hydroxyl groups is 1. The van der Waals surface area contributed by atoms with Crippen LogP contribution in [0.4, 0.5) is 0 Å². The summed E-state index contributed by atoms with van der Waals surface area (Å²) in [7, 11) is -1.97. The van der Waals surface area contributed by atoms with Gasteiger partial charge in [0.2, 0.25) is 0 Å². The van der Waals surface area contributed by atoms with Gasteiger partial charge in [0, 0.05) is 56.5 Å². The Balaban J connectivity index is 1.18. The number of benzene rings is 4. The molecule has 0 spiro atoms. The fourth-order valence-electron chi connectivity index (χ4n) is 5.17. The molecule has 0 saturated carbocycles. The normalized spacial score (nSPS) is 14.4. The van der Waals surface area contributed by atoms with Gasteiger partial charge in [-0.05, 0) is 71.6 Å². The van der Waals surface area contributed by atoms with E-state index in [1.165, 1.54) is 13.4 Å². The van der Waals surface area contributed by atoms with Gasteiger partial charge in [-0.25, -0.2) is 13.2 Å². The van der Waals surface area contributed by atoms with Crippen molar-refractivity contribution in [2.75, 3.05) is 72.5 Å². The molecular weight excluding hydrogens is 596 g/mol. The van der Waals surface area contributed by atoms with Crippen LogP contribution in [-0.2, 0) is 24.1 Å². The zero-order valence-corrected chi connectivity index (χ0v) is 26.3. The molecule has 11 heteroatoms. The second-order valence-electron chi connectivity index (χ2n) is 10.9. The van der Waals surface area contributed by atoms with E-state index in [0.29, 0.717) is 24.7 Å². The molecule has 0 atom stereocenters. The van der Waals surface area contributed by atoms with Crippen molar-refractivity contribution in [3.05, 3.63) is 78.9 Å². The van der Waals surface area contributed by atoms with Gasteiger partial charge in [0.1, 0.15) is 36.2 Å². The Morgan fingerprint density at radius 2 is 1.47 bits per heavy atom. The number of hydrogen-bond donors (Lipinski definition) is 1. The molecule has 45 heavy (non-hydrogen) atoms. The minimum Gasteiger partial charge on any atom is -0.508 e. The molecule has 4 aromatic carbocycles. The van der Waals surface area contributed by atoms with Gasteiger partial charge < -0.3 is 24.1 Å². The molecule has 238 valence electrons. The number of methoxy groups -OCH3 is 1. The molecular formula is C34H38N2O8S. The first kappa shape index (κ1) is 32.2. The first-order valence-corrected chi connectivity index (χ1v) is 16.6. The molecule has 1 aliphatic rings. The number of phenols is 1. The van der Waals surface area contributed by atoms with E-state index in [-0.39, 0.29) is 23.2 Å². The molecule has 5 rings (SSSR count). The smallest absolute Gasteiger partial charge is 0.331 e. The van der Waals surface area contributed by atoms with Crippen molar-refractivity contribution in [2.45, 2.75) is 4.90 Å². The lowest BCUT2D eigenvalue weighted by atomic mass is 9.99. The lowest BCUT2D eigenvalue weighted by Crippen LogP contribution is -2.48. The van der Waals surface area contributed by atoms with E-state index in [2.05, 4.69) is 14.5 Å². The highest BCUT2D eigenvalue weighted by atomic mass is 32.2. The zero-order chi connectivity index (χ0) is 31.8. The summed E-state index contributed by atoms with van der Waals surface area (Å²) in [5, 5.41) is 11.7. The summed E-state index contributed by atoms with van der Waals surface area (Å²) in [5.41, 5.74) is 1.60. The topological polar surface area (TPSA) is 115 Å². The van der Waals surface area contributed by atoms with Crippen LogP contribution in [0.25, 0.3) is 21.9 Å². The van der Waals surface area contributed by atoms with Crippen molar-refractivity contribution < 1.29 is 37.3 Å². The third kappa shape index (κ3) is 8.73. The van der Waals surface area contributed by atoms with Gasteiger partial charge in [-0.2, -0.15) is 0 Å². The van der Waals surface area contributed by atoms with E-state index in [9.17, 15) is 18.3 Å². The van der Waals surface area contributed by atoms with Gasteiger partial charge in [0.15, 0.2) is 9.84 Å². The third-order valence-corrected chi connectivity index (χ3v) is 8.86. The number of fused-ring (bicyclic) bond motifs is 1. The molecule has 0 amide bonds. The average Bonchev–Trinajstić information content (AvgIpc) is 3.04. The molecule has 1 saturated heterocycles. The molecule has 0 aromatic heterocycles. The number of carbonyl (C=O) groups is 1. The van der Waals surface area contributed by atoms with Crippen molar-refractivity contribution >= 4 is 26.6 Å². The maximum absolute atomic E-state index is 12.0. The summed E-state index contributed by atoms with van der Waals surface area (Å²) in [6, 6.07) is 23.1. The molecule has 1 N–H and O–H groups in total. The Labute approximate surface area is 263 Å². The Hall–Kier alpha value is -4.16. The number of hydrogen-bond acceptors (Lipinski definition) is 10. The fourth-order valence-corrected chi connectivity index (χ4v) is 5.80. The first-order valence-electron chi connectivity index (χ1n) is 14.8. The van der Waals surface area contributed by atoms with E-state index in [4.69, 9.17) is 14.2 Å². The first-order chi connectivity index (χ1) is 21.7. The predicted molar refractivity (Wildman–Crippen MR) is 172 cm³/mol. The SMILES string of the molecule is COC(=O)COCCN1CCN(CCOc2ccc(Oc3c(-c4ccc(S(C)(=O)=O)cc4)ccc4cc(O)ccc34)cc2)CC1. The van der Waals surface area contributed by atoms with Crippen LogP contribution in [0.1, 0.15) is 0 Å². The van der Waals surface area contributed by atoms with E-state index < -0.39 is 9.84 Å². The lowest BCUT2D eigenvalue weighted by molar-refractivity contribution is -0.146. The number of carbonyl (C=O) groups excluding carboxylic acids is 1. The average molecular weight is 635 g/mol. The Morgan fingerprint density at radius 3 is 2.11 bits per heavy atom. The third-order valence-electron chi connectivity index (χ3n) is 7.73. The standard InChI is InChI=1S/C34H38N2O8S/c1-41-33(38)24-42-21-19-35-15-17-36(18-16-35)20-22-43-28-7-9-29(10-8-28)44-34-31(13-5-26-23-27(37)6-14-32(26)34)25-3-11-30(12-4-25)45(2,39)40/h3-14,23,37H,15-22,24H2,1-2H3. The monoisotopic (exact) mass is 634 g/mol. The van der Waals surface area contributed by atoms with Crippen molar-refractivity contribution in [1.82, 2.24) is 9.80 Å². The van der Waals surface area contributed by atoms with Crippen LogP contribution in [-0.4, -0.2) is 102 Å². The molecule has 0 aliphatic carbocycles. The van der Waals surface area contributed by atoms with Crippen molar-refractivity contribution in [1.29, 1.82) is 0 Å². The summed E-state index contributed by atoms with van der Waals surface area (Å²) in [5.74, 6) is 1.75. The highest BCUT2D eigenvalue weighted by molar-refractivity contribution is 7.90. The van der Waals surface area contributed by atoms with Gasteiger partial charge in [0.25, 0.3) is 0 Å². The summed E-state index contributed by atoms with van der Waals surface area (Å²) in [6.45, 7) is 6.40. The predicted octanol–water partition coefficient (Wildman–Crippen LogP) is 4.59. The maximum atomic E-state index is 12.0.